The van der Waals surface area contributed by atoms with Crippen molar-refractivity contribution in [3.63, 3.8) is 0 Å². The molecule has 1 aliphatic heterocycles. The van der Waals surface area contributed by atoms with Crippen LogP contribution in [0.1, 0.15) is 27.7 Å². The van der Waals surface area contributed by atoms with Gasteiger partial charge in [-0.3, -0.25) is 9.69 Å². The molecule has 0 saturated carbocycles. The van der Waals surface area contributed by atoms with Crippen molar-refractivity contribution < 1.29 is 19.1 Å². The number of carbonyl (C=O) groups excluding carboxylic acids is 2. The summed E-state index contributed by atoms with van der Waals surface area (Å²) in [6, 6.07) is 14.4. The molecule has 0 aromatic heterocycles. The third-order valence-electron chi connectivity index (χ3n) is 3.88. The molecular weight excluding hydrogens is 294 g/mol. The van der Waals surface area contributed by atoms with Crippen LogP contribution < -0.4 is 4.74 Å². The minimum absolute atomic E-state index is 0.341. The number of fused-ring (bicyclic) bond motifs is 1. The van der Waals surface area contributed by atoms with Crippen molar-refractivity contribution in [2.45, 2.75) is 12.6 Å². The minimum Gasteiger partial charge on any atom is -0.410 e. The zero-order valence-electron chi connectivity index (χ0n) is 12.8. The molecule has 1 atom stereocenters. The number of amides is 1. The lowest BCUT2D eigenvalue weighted by molar-refractivity contribution is -0.0271. The van der Waals surface area contributed by atoms with E-state index in [1.807, 2.05) is 24.3 Å². The first kappa shape index (κ1) is 15.2. The first-order chi connectivity index (χ1) is 11.2. The highest BCUT2D eigenvalue weighted by Gasteiger charge is 2.31. The lowest BCUT2D eigenvalue weighted by atomic mass is 9.98. The third kappa shape index (κ3) is 3.10. The number of hydrogen-bond acceptors (Lipinski definition) is 4. The normalized spacial score (nSPS) is 16.6. The summed E-state index contributed by atoms with van der Waals surface area (Å²) < 4.78 is 10.9. The van der Waals surface area contributed by atoms with Crippen LogP contribution in [-0.4, -0.2) is 30.9 Å². The fourth-order valence-electron chi connectivity index (χ4n) is 2.78. The zero-order valence-corrected chi connectivity index (χ0v) is 12.8. The summed E-state index contributed by atoms with van der Waals surface area (Å²) in [6.45, 7) is 0.516. The molecule has 0 aliphatic carbocycles. The van der Waals surface area contributed by atoms with Crippen LogP contribution in [0.15, 0.2) is 48.5 Å². The van der Waals surface area contributed by atoms with Gasteiger partial charge in [-0.1, -0.05) is 36.4 Å². The van der Waals surface area contributed by atoms with Gasteiger partial charge in [0, 0.05) is 24.8 Å². The van der Waals surface area contributed by atoms with Crippen molar-refractivity contribution >= 4 is 12.4 Å². The van der Waals surface area contributed by atoms with E-state index in [4.69, 9.17) is 9.47 Å². The van der Waals surface area contributed by atoms with Gasteiger partial charge in [0.1, 0.15) is 12.0 Å². The number of nitrogens with zero attached hydrogens (tertiary/aromatic N) is 1. The Bertz CT molecular complexity index is 728. The van der Waals surface area contributed by atoms with Gasteiger partial charge in [-0.15, -0.1) is 0 Å². The van der Waals surface area contributed by atoms with E-state index in [0.29, 0.717) is 24.1 Å². The minimum atomic E-state index is -0.491. The van der Waals surface area contributed by atoms with Crippen LogP contribution in [0.3, 0.4) is 0 Å². The molecule has 1 unspecified atom stereocenters. The van der Waals surface area contributed by atoms with Gasteiger partial charge in [-0.2, -0.15) is 0 Å². The first-order valence-electron chi connectivity index (χ1n) is 7.37. The molecule has 2 aromatic rings. The van der Waals surface area contributed by atoms with Crippen molar-refractivity contribution in [2.24, 2.45) is 0 Å². The molecule has 118 valence electrons. The Hall–Kier alpha value is -2.66. The maximum Gasteiger partial charge on any atom is 0.417 e. The molecule has 3 rings (SSSR count). The van der Waals surface area contributed by atoms with Crippen molar-refractivity contribution in [2.75, 3.05) is 13.7 Å². The summed E-state index contributed by atoms with van der Waals surface area (Å²) in [7, 11) is 1.57. The molecule has 0 N–H and O–H groups in total. The monoisotopic (exact) mass is 311 g/mol. The second-order valence-corrected chi connectivity index (χ2v) is 5.29. The third-order valence-corrected chi connectivity index (χ3v) is 3.88. The van der Waals surface area contributed by atoms with Crippen LogP contribution in [0.4, 0.5) is 4.79 Å². The van der Waals surface area contributed by atoms with Crippen LogP contribution >= 0.6 is 0 Å². The summed E-state index contributed by atoms with van der Waals surface area (Å²) in [4.78, 5) is 24.8. The zero-order chi connectivity index (χ0) is 16.2. The van der Waals surface area contributed by atoms with Gasteiger partial charge in [-0.25, -0.2) is 4.79 Å². The topological polar surface area (TPSA) is 55.8 Å². The average Bonchev–Trinajstić information content (AvgIpc) is 2.60. The van der Waals surface area contributed by atoms with Gasteiger partial charge in [0.2, 0.25) is 0 Å². The van der Waals surface area contributed by atoms with Gasteiger partial charge in [-0.05, 0) is 24.1 Å². The summed E-state index contributed by atoms with van der Waals surface area (Å²) in [5.74, 6) is 0.341. The number of aldehydes is 1. The van der Waals surface area contributed by atoms with Crippen LogP contribution in [0.5, 0.6) is 5.75 Å². The van der Waals surface area contributed by atoms with Crippen LogP contribution in [0.2, 0.25) is 0 Å². The van der Waals surface area contributed by atoms with Crippen molar-refractivity contribution in [3.8, 4) is 5.75 Å². The van der Waals surface area contributed by atoms with E-state index in [0.717, 1.165) is 12.0 Å². The molecule has 0 saturated heterocycles. The number of carbonyl (C=O) groups is 2. The highest BCUT2D eigenvalue weighted by Crippen LogP contribution is 2.30. The Morgan fingerprint density at radius 1 is 1.22 bits per heavy atom. The molecule has 1 aliphatic rings. The number of hydrogen-bond donors (Lipinski definition) is 0. The number of rotatable bonds is 3. The molecule has 2 aromatic carbocycles. The largest absolute Gasteiger partial charge is 0.417 e. The number of benzene rings is 2. The van der Waals surface area contributed by atoms with E-state index in [1.165, 1.54) is 11.6 Å². The number of ether oxygens (including phenoxy) is 2. The predicted octanol–water partition coefficient (Wildman–Crippen LogP) is 3.20. The number of methoxy groups -OCH3 is 1. The van der Waals surface area contributed by atoms with E-state index in [-0.39, 0.29) is 0 Å². The molecule has 23 heavy (non-hydrogen) atoms. The summed E-state index contributed by atoms with van der Waals surface area (Å²) in [6.07, 6.45) is 0.502. The van der Waals surface area contributed by atoms with Gasteiger partial charge in [0.05, 0.1) is 0 Å². The fraction of sp³-hybridized carbons (Fsp3) is 0.222. The first-order valence-corrected chi connectivity index (χ1v) is 7.37. The molecule has 0 fully saturated rings. The molecule has 5 heteroatoms. The quantitative estimate of drug-likeness (QED) is 0.817. The Balaban J connectivity index is 1.80. The van der Waals surface area contributed by atoms with Gasteiger partial charge < -0.3 is 9.47 Å². The van der Waals surface area contributed by atoms with Gasteiger partial charge >= 0.3 is 6.09 Å². The Morgan fingerprint density at radius 2 is 2.04 bits per heavy atom. The second kappa shape index (κ2) is 6.62. The van der Waals surface area contributed by atoms with E-state index >= 15 is 0 Å². The summed E-state index contributed by atoms with van der Waals surface area (Å²) >= 11 is 0. The highest BCUT2D eigenvalue weighted by molar-refractivity contribution is 5.77. The van der Waals surface area contributed by atoms with Crippen LogP contribution in [0, 0.1) is 0 Å². The maximum absolute atomic E-state index is 12.5. The van der Waals surface area contributed by atoms with Crippen molar-refractivity contribution in [1.29, 1.82) is 0 Å². The molecule has 0 bridgehead atoms. The lowest BCUT2D eigenvalue weighted by Crippen LogP contribution is -2.42. The highest BCUT2D eigenvalue weighted by atomic mass is 16.6. The average molecular weight is 311 g/mol. The van der Waals surface area contributed by atoms with Gasteiger partial charge in [0.25, 0.3) is 0 Å². The van der Waals surface area contributed by atoms with Gasteiger partial charge in [0.15, 0.2) is 6.23 Å². The van der Waals surface area contributed by atoms with Crippen LogP contribution in [-0.2, 0) is 11.2 Å². The predicted molar refractivity (Wildman–Crippen MR) is 84.5 cm³/mol. The van der Waals surface area contributed by atoms with E-state index in [2.05, 4.69) is 0 Å². The Labute approximate surface area is 134 Å². The molecule has 5 nitrogen and oxygen atoms in total. The smallest absolute Gasteiger partial charge is 0.410 e. The summed E-state index contributed by atoms with van der Waals surface area (Å²) in [5, 5.41) is 0. The van der Waals surface area contributed by atoms with E-state index in [9.17, 15) is 9.59 Å². The van der Waals surface area contributed by atoms with Crippen molar-refractivity contribution in [3.05, 3.63) is 65.2 Å². The molecule has 0 spiro atoms. The van der Waals surface area contributed by atoms with Crippen molar-refractivity contribution in [1.82, 2.24) is 4.90 Å². The fourth-order valence-corrected chi connectivity index (χ4v) is 2.78. The lowest BCUT2D eigenvalue weighted by Gasteiger charge is -2.35. The molecule has 1 amide bonds. The Morgan fingerprint density at radius 3 is 2.83 bits per heavy atom. The van der Waals surface area contributed by atoms with Crippen LogP contribution in [0.25, 0.3) is 0 Å². The molecule has 0 radical (unpaired) electrons. The van der Waals surface area contributed by atoms with E-state index in [1.54, 1.807) is 30.2 Å². The molecular formula is C18H17NO4. The maximum atomic E-state index is 12.5. The Kier molecular flexibility index (Phi) is 4.39. The SMILES string of the molecule is COC1c2ccccc2CCN1C(=O)Oc1cccc(C=O)c1. The standard InChI is InChI=1S/C18H17NO4/c1-22-17-16-8-3-2-6-14(16)9-10-19(17)18(21)23-15-7-4-5-13(11-15)12-20/h2-8,11-12,17H,9-10H2,1H3. The molecule has 1 heterocycles. The second-order valence-electron chi connectivity index (χ2n) is 5.29. The van der Waals surface area contributed by atoms with E-state index < -0.39 is 12.3 Å². The summed E-state index contributed by atoms with van der Waals surface area (Å²) in [5.41, 5.74) is 2.61.